The van der Waals surface area contributed by atoms with Gasteiger partial charge in [-0.25, -0.2) is 0 Å². The van der Waals surface area contributed by atoms with Crippen LogP contribution in [-0.4, -0.2) is 28.5 Å². The lowest BCUT2D eigenvalue weighted by molar-refractivity contribution is -0.122. The van der Waals surface area contributed by atoms with E-state index in [1.54, 1.807) is 19.1 Å². The largest absolute Gasteiger partial charge is 0.479 e. The van der Waals surface area contributed by atoms with Crippen LogP contribution in [0, 0.1) is 0 Å². The number of fused-ring (bicyclic) bond motifs is 1. The molecule has 0 spiro atoms. The maximum absolute atomic E-state index is 11.6. The number of carbonyl (C=O) groups excluding carboxylic acids is 2. The molecule has 1 amide bonds. The van der Waals surface area contributed by atoms with Gasteiger partial charge in [0.1, 0.15) is 5.75 Å². The normalized spacial score (nSPS) is 17.3. The summed E-state index contributed by atoms with van der Waals surface area (Å²) in [4.78, 5) is 22.5. The third-order valence-corrected chi connectivity index (χ3v) is 2.99. The van der Waals surface area contributed by atoms with Crippen LogP contribution in [0.2, 0.25) is 0 Å². The van der Waals surface area contributed by atoms with Gasteiger partial charge in [-0.05, 0) is 25.1 Å². The molecule has 0 radical (unpaired) electrons. The molecule has 3 rings (SSSR count). The molecule has 0 saturated carbocycles. The molecule has 1 aliphatic heterocycles. The fourth-order valence-electron chi connectivity index (χ4n) is 1.98. The highest BCUT2D eigenvalue weighted by Gasteiger charge is 2.24. The molecule has 19 heavy (non-hydrogen) atoms. The van der Waals surface area contributed by atoms with E-state index < -0.39 is 6.10 Å². The van der Waals surface area contributed by atoms with Crippen molar-refractivity contribution in [3.05, 3.63) is 30.0 Å². The number of benzene rings is 1. The van der Waals surface area contributed by atoms with Gasteiger partial charge in [-0.1, -0.05) is 0 Å². The second-order valence-corrected chi connectivity index (χ2v) is 4.28. The van der Waals surface area contributed by atoms with E-state index in [-0.39, 0.29) is 5.91 Å². The number of hydrogen-bond donors (Lipinski definition) is 2. The van der Waals surface area contributed by atoms with Crippen molar-refractivity contribution in [2.24, 2.45) is 0 Å². The van der Waals surface area contributed by atoms with E-state index in [0.29, 0.717) is 22.7 Å². The smallest absolute Gasteiger partial charge is 0.265 e. The Labute approximate surface area is 108 Å². The molecule has 0 bridgehead atoms. The number of rotatable bonds is 2. The van der Waals surface area contributed by atoms with E-state index in [0.717, 1.165) is 11.8 Å². The Morgan fingerprint density at radius 1 is 1.42 bits per heavy atom. The van der Waals surface area contributed by atoms with Crippen molar-refractivity contribution < 1.29 is 14.3 Å². The Balaban J connectivity index is 2.05. The highest BCUT2D eigenvalue weighted by Crippen LogP contribution is 2.33. The number of aromatic amines is 1. The Kier molecular flexibility index (Phi) is 2.56. The fourth-order valence-corrected chi connectivity index (χ4v) is 1.98. The number of aromatic nitrogens is 2. The van der Waals surface area contributed by atoms with Crippen molar-refractivity contribution in [2.45, 2.75) is 13.0 Å². The first kappa shape index (κ1) is 11.5. The molecule has 2 N–H and O–H groups in total. The van der Waals surface area contributed by atoms with Gasteiger partial charge >= 0.3 is 0 Å². The number of anilines is 1. The summed E-state index contributed by atoms with van der Waals surface area (Å²) in [7, 11) is 0. The minimum atomic E-state index is -0.504. The molecular formula is C13H11N3O3. The van der Waals surface area contributed by atoms with Gasteiger partial charge in [-0.15, -0.1) is 0 Å². The lowest BCUT2D eigenvalue weighted by Gasteiger charge is -2.23. The first-order valence-electron chi connectivity index (χ1n) is 5.79. The van der Waals surface area contributed by atoms with Crippen molar-refractivity contribution in [1.29, 1.82) is 0 Å². The van der Waals surface area contributed by atoms with Crippen LogP contribution in [0.15, 0.2) is 24.4 Å². The van der Waals surface area contributed by atoms with Crippen LogP contribution < -0.4 is 10.1 Å². The second-order valence-electron chi connectivity index (χ2n) is 4.28. The summed E-state index contributed by atoms with van der Waals surface area (Å²) in [5.74, 6) is 0.424. The molecule has 1 aromatic heterocycles. The summed E-state index contributed by atoms with van der Waals surface area (Å²) >= 11 is 0. The highest BCUT2D eigenvalue weighted by atomic mass is 16.5. The maximum Gasteiger partial charge on any atom is 0.265 e. The summed E-state index contributed by atoms with van der Waals surface area (Å²) in [6, 6.07) is 5.32. The number of nitrogens with zero attached hydrogens (tertiary/aromatic N) is 1. The van der Waals surface area contributed by atoms with E-state index >= 15 is 0 Å². The SMILES string of the molecule is CC1Oc2ccc(-c3[nH]ncc3C=O)cc2NC1=O. The third-order valence-electron chi connectivity index (χ3n) is 2.99. The standard InChI is InChI=1S/C13H11N3O3/c1-7-13(18)15-10-4-8(2-3-11(10)19-7)12-9(6-17)5-14-16-12/h2-7H,1H3,(H,14,16)(H,15,18). The molecule has 96 valence electrons. The molecule has 1 aliphatic rings. The van der Waals surface area contributed by atoms with Crippen LogP contribution in [0.3, 0.4) is 0 Å². The molecule has 6 heteroatoms. The summed E-state index contributed by atoms with van der Waals surface area (Å²) in [6.07, 6.45) is 1.69. The fraction of sp³-hybridized carbons (Fsp3) is 0.154. The molecule has 1 aromatic carbocycles. The summed E-state index contributed by atoms with van der Waals surface area (Å²) < 4.78 is 5.47. The van der Waals surface area contributed by atoms with Gasteiger partial charge in [0, 0.05) is 5.56 Å². The van der Waals surface area contributed by atoms with Crippen molar-refractivity contribution >= 4 is 17.9 Å². The molecule has 0 saturated heterocycles. The van der Waals surface area contributed by atoms with Crippen LogP contribution >= 0.6 is 0 Å². The van der Waals surface area contributed by atoms with E-state index in [1.807, 2.05) is 6.07 Å². The van der Waals surface area contributed by atoms with Crippen LogP contribution in [0.1, 0.15) is 17.3 Å². The number of amides is 1. The molecule has 1 unspecified atom stereocenters. The van der Waals surface area contributed by atoms with Crippen molar-refractivity contribution in [3.8, 4) is 17.0 Å². The molecule has 6 nitrogen and oxygen atoms in total. The number of ether oxygens (including phenoxy) is 1. The van der Waals surface area contributed by atoms with Crippen LogP contribution in [0.25, 0.3) is 11.3 Å². The zero-order valence-corrected chi connectivity index (χ0v) is 10.1. The lowest BCUT2D eigenvalue weighted by Crippen LogP contribution is -2.34. The van der Waals surface area contributed by atoms with Gasteiger partial charge < -0.3 is 10.1 Å². The number of carbonyl (C=O) groups is 2. The maximum atomic E-state index is 11.6. The van der Waals surface area contributed by atoms with E-state index in [9.17, 15) is 9.59 Å². The first-order valence-corrected chi connectivity index (χ1v) is 5.79. The summed E-state index contributed by atoms with van der Waals surface area (Å²) in [5.41, 5.74) is 2.44. The lowest BCUT2D eigenvalue weighted by atomic mass is 10.1. The quantitative estimate of drug-likeness (QED) is 0.800. The van der Waals surface area contributed by atoms with Crippen molar-refractivity contribution in [1.82, 2.24) is 10.2 Å². The second kappa shape index (κ2) is 4.24. The van der Waals surface area contributed by atoms with Gasteiger partial charge in [0.2, 0.25) is 0 Å². The van der Waals surface area contributed by atoms with Gasteiger partial charge in [0.05, 0.1) is 23.1 Å². The summed E-state index contributed by atoms with van der Waals surface area (Å²) in [5, 5.41) is 9.36. The number of H-pyrrole nitrogens is 1. The average molecular weight is 257 g/mol. The van der Waals surface area contributed by atoms with Gasteiger partial charge in [-0.3, -0.25) is 14.7 Å². The minimum absolute atomic E-state index is 0.190. The minimum Gasteiger partial charge on any atom is -0.479 e. The number of nitrogens with one attached hydrogen (secondary N) is 2. The zero-order chi connectivity index (χ0) is 13.4. The first-order chi connectivity index (χ1) is 9.19. The molecule has 2 heterocycles. The Morgan fingerprint density at radius 2 is 2.26 bits per heavy atom. The van der Waals surface area contributed by atoms with Crippen molar-refractivity contribution in [2.75, 3.05) is 5.32 Å². The van der Waals surface area contributed by atoms with E-state index in [1.165, 1.54) is 6.20 Å². The van der Waals surface area contributed by atoms with Crippen LogP contribution in [0.5, 0.6) is 5.75 Å². The predicted molar refractivity (Wildman–Crippen MR) is 68.1 cm³/mol. The van der Waals surface area contributed by atoms with Gasteiger partial charge in [-0.2, -0.15) is 5.10 Å². The Bertz CT molecular complexity index is 663. The number of hydrogen-bond acceptors (Lipinski definition) is 4. The zero-order valence-electron chi connectivity index (χ0n) is 10.1. The summed E-state index contributed by atoms with van der Waals surface area (Å²) in [6.45, 7) is 1.69. The predicted octanol–water partition coefficient (Wildman–Crippen LogP) is 1.61. The number of aldehydes is 1. The Hall–Kier alpha value is -2.63. The van der Waals surface area contributed by atoms with Gasteiger partial charge in [0.25, 0.3) is 5.91 Å². The Morgan fingerprint density at radius 3 is 3.05 bits per heavy atom. The van der Waals surface area contributed by atoms with Crippen molar-refractivity contribution in [3.63, 3.8) is 0 Å². The van der Waals surface area contributed by atoms with E-state index in [2.05, 4.69) is 15.5 Å². The highest BCUT2D eigenvalue weighted by molar-refractivity contribution is 5.98. The molecule has 0 aliphatic carbocycles. The third kappa shape index (κ3) is 1.87. The monoisotopic (exact) mass is 257 g/mol. The molecule has 1 atom stereocenters. The van der Waals surface area contributed by atoms with Gasteiger partial charge in [0.15, 0.2) is 12.4 Å². The van der Waals surface area contributed by atoms with E-state index in [4.69, 9.17) is 4.74 Å². The molecular weight excluding hydrogens is 246 g/mol. The topological polar surface area (TPSA) is 84.1 Å². The average Bonchev–Trinajstić information content (AvgIpc) is 2.88. The molecule has 2 aromatic rings. The molecule has 0 fully saturated rings. The van der Waals surface area contributed by atoms with Crippen LogP contribution in [0.4, 0.5) is 5.69 Å². The van der Waals surface area contributed by atoms with Crippen LogP contribution in [-0.2, 0) is 4.79 Å².